The molecule has 130 valence electrons. The van der Waals surface area contributed by atoms with Crippen LogP contribution in [0.1, 0.15) is 26.6 Å². The van der Waals surface area contributed by atoms with Crippen molar-refractivity contribution in [3.8, 4) is 11.3 Å². The lowest BCUT2D eigenvalue weighted by Crippen LogP contribution is -2.32. The number of rotatable bonds is 3. The van der Waals surface area contributed by atoms with Crippen molar-refractivity contribution in [3.05, 3.63) is 52.9 Å². The van der Waals surface area contributed by atoms with Gasteiger partial charge in [-0.15, -0.1) is 0 Å². The van der Waals surface area contributed by atoms with Gasteiger partial charge in [-0.1, -0.05) is 34.1 Å². The molecule has 1 heterocycles. The van der Waals surface area contributed by atoms with Crippen LogP contribution in [0.2, 0.25) is 0 Å². The van der Waals surface area contributed by atoms with Crippen molar-refractivity contribution in [2.45, 2.75) is 32.9 Å². The van der Waals surface area contributed by atoms with Gasteiger partial charge in [0, 0.05) is 10.0 Å². The molecule has 3 aromatic rings. The van der Waals surface area contributed by atoms with E-state index in [0.717, 1.165) is 21.1 Å². The van der Waals surface area contributed by atoms with E-state index >= 15 is 0 Å². The number of carbonyl (C=O) groups is 1. The number of aromatic nitrogens is 2. The van der Waals surface area contributed by atoms with Crippen LogP contribution in [-0.4, -0.2) is 21.7 Å². The summed E-state index contributed by atoms with van der Waals surface area (Å²) >= 11 is 3.49. The molecule has 0 unspecified atom stereocenters. The monoisotopic (exact) mass is 401 g/mol. The normalized spacial score (nSPS) is 11.5. The summed E-state index contributed by atoms with van der Waals surface area (Å²) in [7, 11) is 0. The second-order valence-electron chi connectivity index (χ2n) is 6.81. The van der Waals surface area contributed by atoms with Crippen molar-refractivity contribution >= 4 is 32.8 Å². The zero-order valence-corrected chi connectivity index (χ0v) is 16.0. The van der Waals surface area contributed by atoms with Gasteiger partial charge in [0.25, 0.3) is 0 Å². The molecule has 1 amide bonds. The summed E-state index contributed by atoms with van der Waals surface area (Å²) < 4.78 is 6.27. The Balaban J connectivity index is 1.71. The first-order chi connectivity index (χ1) is 11.8. The lowest BCUT2D eigenvalue weighted by atomic mass is 10.1. The van der Waals surface area contributed by atoms with Gasteiger partial charge in [-0.25, -0.2) is 9.78 Å². The predicted octanol–water partition coefficient (Wildman–Crippen LogP) is 5.02. The highest BCUT2D eigenvalue weighted by Gasteiger charge is 2.16. The van der Waals surface area contributed by atoms with Gasteiger partial charge in [0.1, 0.15) is 11.4 Å². The number of hydrogen-bond acceptors (Lipinski definition) is 3. The molecule has 25 heavy (non-hydrogen) atoms. The first-order valence-corrected chi connectivity index (χ1v) is 8.80. The summed E-state index contributed by atoms with van der Waals surface area (Å²) in [5.41, 5.74) is 1.44. The molecular formula is C19H20BrN3O2. The van der Waals surface area contributed by atoms with Gasteiger partial charge in [-0.2, -0.15) is 0 Å². The van der Waals surface area contributed by atoms with Gasteiger partial charge < -0.3 is 15.0 Å². The fraction of sp³-hybridized carbons (Fsp3) is 0.263. The standard InChI is InChI=1S/C19H20BrN3O2/c1-19(2,3)25-18(24)22-11-17-21-10-16(23-17)14-5-4-13-9-15(20)7-6-12(13)8-14/h4-10H,11H2,1-3H3,(H,21,23)(H,22,24). The van der Waals surface area contributed by atoms with E-state index in [0.29, 0.717) is 5.82 Å². The molecule has 0 spiro atoms. The van der Waals surface area contributed by atoms with Crippen LogP contribution in [0.5, 0.6) is 0 Å². The Labute approximate surface area is 154 Å². The van der Waals surface area contributed by atoms with E-state index in [1.807, 2.05) is 32.9 Å². The zero-order chi connectivity index (χ0) is 18.0. The number of H-pyrrole nitrogens is 1. The van der Waals surface area contributed by atoms with Gasteiger partial charge in [-0.3, -0.25) is 0 Å². The summed E-state index contributed by atoms with van der Waals surface area (Å²) in [5.74, 6) is 0.678. The maximum Gasteiger partial charge on any atom is 0.408 e. The molecule has 0 atom stereocenters. The molecule has 0 radical (unpaired) electrons. The minimum Gasteiger partial charge on any atom is -0.444 e. The van der Waals surface area contributed by atoms with E-state index in [4.69, 9.17) is 4.74 Å². The van der Waals surface area contributed by atoms with Crippen molar-refractivity contribution in [1.82, 2.24) is 15.3 Å². The molecule has 3 rings (SSSR count). The summed E-state index contributed by atoms with van der Waals surface area (Å²) in [5, 5.41) is 5.02. The highest BCUT2D eigenvalue weighted by atomic mass is 79.9. The minimum absolute atomic E-state index is 0.287. The molecule has 2 aromatic carbocycles. The SMILES string of the molecule is CC(C)(C)OC(=O)NCc1ncc(-c2ccc3cc(Br)ccc3c2)[nH]1. The highest BCUT2D eigenvalue weighted by molar-refractivity contribution is 9.10. The average Bonchev–Trinajstić information content (AvgIpc) is 3.00. The number of halogens is 1. The second-order valence-corrected chi connectivity index (χ2v) is 7.72. The molecular weight excluding hydrogens is 382 g/mol. The zero-order valence-electron chi connectivity index (χ0n) is 14.4. The predicted molar refractivity (Wildman–Crippen MR) is 102 cm³/mol. The molecule has 0 aliphatic heterocycles. The van der Waals surface area contributed by atoms with Crippen LogP contribution in [0.4, 0.5) is 4.79 Å². The van der Waals surface area contributed by atoms with E-state index in [-0.39, 0.29) is 6.54 Å². The third-order valence-corrected chi connectivity index (χ3v) is 4.03. The maximum absolute atomic E-state index is 11.7. The van der Waals surface area contributed by atoms with Gasteiger partial charge in [0.2, 0.25) is 0 Å². The van der Waals surface area contributed by atoms with Crippen molar-refractivity contribution in [2.75, 3.05) is 0 Å². The van der Waals surface area contributed by atoms with Crippen LogP contribution >= 0.6 is 15.9 Å². The summed E-state index contributed by atoms with van der Waals surface area (Å²) in [6.45, 7) is 5.77. The van der Waals surface area contributed by atoms with Crippen molar-refractivity contribution in [2.24, 2.45) is 0 Å². The fourth-order valence-corrected chi connectivity index (χ4v) is 2.83. The lowest BCUT2D eigenvalue weighted by molar-refractivity contribution is 0.0522. The maximum atomic E-state index is 11.7. The first kappa shape index (κ1) is 17.5. The summed E-state index contributed by atoms with van der Waals surface area (Å²) in [6, 6.07) is 12.4. The van der Waals surface area contributed by atoms with E-state index in [1.165, 1.54) is 5.39 Å². The number of hydrogen-bond donors (Lipinski definition) is 2. The van der Waals surface area contributed by atoms with Gasteiger partial charge in [-0.05, 0) is 49.7 Å². The number of amides is 1. The van der Waals surface area contributed by atoms with E-state index in [2.05, 4.69) is 55.5 Å². The Morgan fingerprint density at radius 3 is 2.68 bits per heavy atom. The van der Waals surface area contributed by atoms with Crippen LogP contribution in [0, 0.1) is 0 Å². The lowest BCUT2D eigenvalue weighted by Gasteiger charge is -2.19. The van der Waals surface area contributed by atoms with Gasteiger partial charge in [0.05, 0.1) is 18.4 Å². The Morgan fingerprint density at radius 2 is 1.92 bits per heavy atom. The van der Waals surface area contributed by atoms with E-state index in [9.17, 15) is 4.79 Å². The first-order valence-electron chi connectivity index (χ1n) is 8.01. The summed E-state index contributed by atoms with van der Waals surface area (Å²) in [4.78, 5) is 19.3. The van der Waals surface area contributed by atoms with Crippen LogP contribution in [0.25, 0.3) is 22.0 Å². The van der Waals surface area contributed by atoms with E-state index in [1.54, 1.807) is 6.20 Å². The smallest absolute Gasteiger partial charge is 0.408 e. The number of imidazole rings is 1. The Kier molecular flexibility index (Phi) is 4.81. The average molecular weight is 402 g/mol. The third-order valence-electron chi connectivity index (χ3n) is 3.54. The van der Waals surface area contributed by atoms with Gasteiger partial charge in [0.15, 0.2) is 0 Å². The molecule has 1 aromatic heterocycles. The van der Waals surface area contributed by atoms with Crippen molar-refractivity contribution in [3.63, 3.8) is 0 Å². The second kappa shape index (κ2) is 6.88. The van der Waals surface area contributed by atoms with Crippen LogP contribution < -0.4 is 5.32 Å². The fourth-order valence-electron chi connectivity index (χ4n) is 2.45. The van der Waals surface area contributed by atoms with Crippen LogP contribution in [0.3, 0.4) is 0 Å². The number of nitrogens with one attached hydrogen (secondary N) is 2. The number of fused-ring (bicyclic) bond motifs is 1. The Hall–Kier alpha value is -2.34. The quantitative estimate of drug-likeness (QED) is 0.647. The number of nitrogens with zero attached hydrogens (tertiary/aromatic N) is 1. The number of carbonyl (C=O) groups excluding carboxylic acids is 1. The summed E-state index contributed by atoms with van der Waals surface area (Å²) in [6.07, 6.45) is 1.31. The number of benzene rings is 2. The third kappa shape index (κ3) is 4.60. The van der Waals surface area contributed by atoms with Crippen molar-refractivity contribution in [1.29, 1.82) is 0 Å². The highest BCUT2D eigenvalue weighted by Crippen LogP contribution is 2.25. The molecule has 5 nitrogen and oxygen atoms in total. The van der Waals surface area contributed by atoms with Crippen molar-refractivity contribution < 1.29 is 9.53 Å². The largest absolute Gasteiger partial charge is 0.444 e. The molecule has 0 bridgehead atoms. The topological polar surface area (TPSA) is 67.0 Å². The molecule has 0 aliphatic rings. The molecule has 0 fully saturated rings. The Morgan fingerprint density at radius 1 is 1.20 bits per heavy atom. The molecule has 0 aliphatic carbocycles. The van der Waals surface area contributed by atoms with Gasteiger partial charge >= 0.3 is 6.09 Å². The van der Waals surface area contributed by atoms with Crippen LogP contribution in [0.15, 0.2) is 47.1 Å². The number of alkyl carbamates (subject to hydrolysis) is 1. The molecule has 2 N–H and O–H groups in total. The minimum atomic E-state index is -0.515. The van der Waals surface area contributed by atoms with Crippen LogP contribution in [-0.2, 0) is 11.3 Å². The van der Waals surface area contributed by atoms with E-state index < -0.39 is 11.7 Å². The number of ether oxygens (including phenoxy) is 1. The molecule has 6 heteroatoms. The molecule has 0 saturated heterocycles. The number of aromatic amines is 1. The Bertz CT molecular complexity index is 912. The molecule has 0 saturated carbocycles.